The Labute approximate surface area is 112 Å². The lowest BCUT2D eigenvalue weighted by Crippen LogP contribution is -2.31. The van der Waals surface area contributed by atoms with Gasteiger partial charge >= 0.3 is 5.97 Å². The summed E-state index contributed by atoms with van der Waals surface area (Å²) in [4.78, 5) is 11.5. The number of furan rings is 1. The third-order valence-corrected chi connectivity index (χ3v) is 4.14. The molecule has 0 bridgehead atoms. The number of methoxy groups -OCH3 is 1. The van der Waals surface area contributed by atoms with Crippen LogP contribution in [0.4, 0.5) is 0 Å². The highest BCUT2D eigenvalue weighted by Crippen LogP contribution is 2.26. The van der Waals surface area contributed by atoms with E-state index >= 15 is 0 Å². The van der Waals surface area contributed by atoms with Crippen LogP contribution in [-0.2, 0) is 14.8 Å². The van der Waals surface area contributed by atoms with Gasteiger partial charge in [0.1, 0.15) is 22.0 Å². The minimum atomic E-state index is -3.81. The van der Waals surface area contributed by atoms with E-state index in [1.165, 1.54) is 21.0 Å². The Morgan fingerprint density at radius 3 is 2.42 bits per heavy atom. The number of ether oxygens (including phenoxy) is 1. The highest BCUT2D eigenvalue weighted by molar-refractivity contribution is 7.89. The molecule has 0 aliphatic heterocycles. The molecule has 0 aromatic carbocycles. The number of rotatable bonds is 6. The molecule has 0 spiro atoms. The van der Waals surface area contributed by atoms with Crippen LogP contribution in [0.15, 0.2) is 9.31 Å². The third-order valence-electron chi connectivity index (χ3n) is 2.53. The van der Waals surface area contributed by atoms with Crippen molar-refractivity contribution < 1.29 is 22.4 Å². The van der Waals surface area contributed by atoms with Crippen LogP contribution in [0.5, 0.6) is 0 Å². The van der Waals surface area contributed by atoms with Crippen molar-refractivity contribution in [1.29, 1.82) is 0 Å². The second-order valence-electron chi connectivity index (χ2n) is 3.91. The van der Waals surface area contributed by atoms with Crippen molar-refractivity contribution in [3.8, 4) is 0 Å². The van der Waals surface area contributed by atoms with Gasteiger partial charge in [-0.2, -0.15) is 0 Å². The predicted octanol–water partition coefficient (Wildman–Crippen LogP) is 0.181. The van der Waals surface area contributed by atoms with E-state index in [2.05, 4.69) is 14.8 Å². The molecule has 0 saturated carbocycles. The summed E-state index contributed by atoms with van der Waals surface area (Å²) in [5, 5.41) is 2.82. The highest BCUT2D eigenvalue weighted by Gasteiger charge is 2.31. The summed E-state index contributed by atoms with van der Waals surface area (Å²) >= 11 is 0. The first-order valence-electron chi connectivity index (χ1n) is 5.67. The van der Waals surface area contributed by atoms with Crippen molar-refractivity contribution in [2.45, 2.75) is 18.7 Å². The van der Waals surface area contributed by atoms with Gasteiger partial charge in [-0.05, 0) is 20.9 Å². The molecule has 8 heteroatoms. The Bertz CT molecular complexity index is 562. The number of sulfonamides is 1. The van der Waals surface area contributed by atoms with E-state index in [4.69, 9.17) is 4.42 Å². The molecular weight excluding hydrogens is 272 g/mol. The molecule has 1 heterocycles. The van der Waals surface area contributed by atoms with E-state index < -0.39 is 16.0 Å². The average Bonchev–Trinajstić information content (AvgIpc) is 2.64. The predicted molar refractivity (Wildman–Crippen MR) is 68.6 cm³/mol. The first kappa shape index (κ1) is 15.7. The van der Waals surface area contributed by atoms with Crippen molar-refractivity contribution >= 4 is 16.0 Å². The van der Waals surface area contributed by atoms with E-state index in [-0.39, 0.29) is 28.5 Å². The van der Waals surface area contributed by atoms with Crippen LogP contribution < -0.4 is 10.0 Å². The zero-order chi connectivity index (χ0) is 14.6. The molecule has 7 nitrogen and oxygen atoms in total. The van der Waals surface area contributed by atoms with Gasteiger partial charge in [0.2, 0.25) is 10.0 Å². The number of aryl methyl sites for hydroxylation is 2. The molecule has 108 valence electrons. The molecule has 0 fully saturated rings. The molecule has 1 aromatic rings. The largest absolute Gasteiger partial charge is 0.465 e. The fourth-order valence-corrected chi connectivity index (χ4v) is 3.14. The Morgan fingerprint density at radius 1 is 1.26 bits per heavy atom. The maximum absolute atomic E-state index is 12.2. The van der Waals surface area contributed by atoms with Gasteiger partial charge in [0.15, 0.2) is 0 Å². The maximum atomic E-state index is 12.2. The Kier molecular flexibility index (Phi) is 5.10. The second kappa shape index (κ2) is 6.18. The number of hydrogen-bond acceptors (Lipinski definition) is 6. The molecule has 0 aliphatic rings. The van der Waals surface area contributed by atoms with Gasteiger partial charge < -0.3 is 14.5 Å². The molecule has 0 radical (unpaired) electrons. The monoisotopic (exact) mass is 290 g/mol. The van der Waals surface area contributed by atoms with Crippen molar-refractivity contribution in [2.24, 2.45) is 0 Å². The summed E-state index contributed by atoms with van der Waals surface area (Å²) in [7, 11) is -0.914. The van der Waals surface area contributed by atoms with Gasteiger partial charge in [-0.25, -0.2) is 17.9 Å². The van der Waals surface area contributed by atoms with Gasteiger partial charge in [0, 0.05) is 13.1 Å². The molecule has 0 atom stereocenters. The number of esters is 1. The minimum Gasteiger partial charge on any atom is -0.465 e. The van der Waals surface area contributed by atoms with Crippen molar-refractivity contribution in [2.75, 3.05) is 27.2 Å². The first-order valence-corrected chi connectivity index (χ1v) is 7.16. The molecule has 0 amide bonds. The average molecular weight is 290 g/mol. The van der Waals surface area contributed by atoms with Gasteiger partial charge in [0.25, 0.3) is 0 Å². The third kappa shape index (κ3) is 3.34. The summed E-state index contributed by atoms with van der Waals surface area (Å²) in [6.45, 7) is 3.70. The fourth-order valence-electron chi connectivity index (χ4n) is 1.71. The highest BCUT2D eigenvalue weighted by atomic mass is 32.2. The van der Waals surface area contributed by atoms with Crippen molar-refractivity contribution in [1.82, 2.24) is 10.0 Å². The van der Waals surface area contributed by atoms with Crippen LogP contribution in [0, 0.1) is 13.8 Å². The van der Waals surface area contributed by atoms with Crippen molar-refractivity contribution in [3.05, 3.63) is 17.1 Å². The van der Waals surface area contributed by atoms with E-state index in [0.717, 1.165) is 0 Å². The minimum absolute atomic E-state index is 0.0584. The molecule has 1 aromatic heterocycles. The van der Waals surface area contributed by atoms with E-state index in [9.17, 15) is 13.2 Å². The molecule has 1 rings (SSSR count). The quantitative estimate of drug-likeness (QED) is 0.573. The Balaban J connectivity index is 3.22. The van der Waals surface area contributed by atoms with Crippen LogP contribution >= 0.6 is 0 Å². The Morgan fingerprint density at radius 2 is 1.89 bits per heavy atom. The smallest absolute Gasteiger partial charge is 0.342 e. The SMILES string of the molecule is CNCCNS(=O)(=O)c1c(C)oc(C)c1C(=O)OC. The topological polar surface area (TPSA) is 97.6 Å². The molecule has 19 heavy (non-hydrogen) atoms. The number of hydrogen-bond donors (Lipinski definition) is 2. The first-order chi connectivity index (χ1) is 8.85. The molecule has 0 unspecified atom stereocenters. The molecular formula is C11H18N2O5S. The maximum Gasteiger partial charge on any atom is 0.342 e. The zero-order valence-corrected chi connectivity index (χ0v) is 12.2. The number of carbonyl (C=O) groups is 1. The van der Waals surface area contributed by atoms with Crippen LogP contribution in [-0.4, -0.2) is 41.6 Å². The van der Waals surface area contributed by atoms with E-state index in [1.807, 2.05) is 0 Å². The fraction of sp³-hybridized carbons (Fsp3) is 0.545. The zero-order valence-electron chi connectivity index (χ0n) is 11.4. The van der Waals surface area contributed by atoms with Crippen LogP contribution in [0.25, 0.3) is 0 Å². The molecule has 0 aliphatic carbocycles. The molecule has 0 saturated heterocycles. The lowest BCUT2D eigenvalue weighted by Gasteiger charge is -2.07. The summed E-state index contributed by atoms with van der Waals surface area (Å²) in [6.07, 6.45) is 0. The van der Waals surface area contributed by atoms with E-state index in [0.29, 0.717) is 6.54 Å². The van der Waals surface area contributed by atoms with Gasteiger partial charge in [-0.1, -0.05) is 0 Å². The van der Waals surface area contributed by atoms with Crippen LogP contribution in [0.2, 0.25) is 0 Å². The van der Waals surface area contributed by atoms with Gasteiger partial charge in [0.05, 0.1) is 7.11 Å². The lowest BCUT2D eigenvalue weighted by molar-refractivity contribution is 0.0595. The summed E-state index contributed by atoms with van der Waals surface area (Å²) in [5.41, 5.74) is -0.0584. The van der Waals surface area contributed by atoms with Crippen LogP contribution in [0.1, 0.15) is 21.9 Å². The van der Waals surface area contributed by atoms with Crippen molar-refractivity contribution in [3.63, 3.8) is 0 Å². The Hall–Kier alpha value is -1.38. The van der Waals surface area contributed by atoms with Gasteiger partial charge in [-0.15, -0.1) is 0 Å². The number of nitrogens with one attached hydrogen (secondary N) is 2. The number of likely N-dealkylation sites (N-methyl/N-ethyl adjacent to an activating group) is 1. The van der Waals surface area contributed by atoms with E-state index in [1.54, 1.807) is 7.05 Å². The summed E-state index contributed by atoms with van der Waals surface area (Å²) in [5.74, 6) is -0.350. The lowest BCUT2D eigenvalue weighted by atomic mass is 10.2. The standard InChI is InChI=1S/C11H18N2O5S/c1-7-9(11(14)17-4)10(8(2)18-7)19(15,16)13-6-5-12-3/h12-13H,5-6H2,1-4H3. The normalized spacial score (nSPS) is 11.6. The summed E-state index contributed by atoms with van der Waals surface area (Å²) < 4.78 is 36.6. The summed E-state index contributed by atoms with van der Waals surface area (Å²) in [6, 6.07) is 0. The number of carbonyl (C=O) groups excluding carboxylic acids is 1. The molecule has 2 N–H and O–H groups in total. The second-order valence-corrected chi connectivity index (χ2v) is 5.62. The van der Waals surface area contributed by atoms with Crippen LogP contribution in [0.3, 0.4) is 0 Å². The van der Waals surface area contributed by atoms with Gasteiger partial charge in [-0.3, -0.25) is 0 Å².